The molecule has 3 aromatic rings. The highest BCUT2D eigenvalue weighted by Gasteiger charge is 2.33. The molecule has 0 aliphatic rings. The lowest BCUT2D eigenvalue weighted by Gasteiger charge is -2.33. The number of carbonyl (C=O) groups is 2. The Morgan fingerprint density at radius 3 is 2.05 bits per heavy atom. The van der Waals surface area contributed by atoms with Gasteiger partial charge in [0.15, 0.2) is 0 Å². The second-order valence-electron chi connectivity index (χ2n) is 8.65. The van der Waals surface area contributed by atoms with Crippen LogP contribution in [0, 0.1) is 6.92 Å². The molecule has 0 fully saturated rings. The van der Waals surface area contributed by atoms with Gasteiger partial charge in [0.05, 0.1) is 11.9 Å². The van der Waals surface area contributed by atoms with Crippen LogP contribution < -0.4 is 9.62 Å². The lowest BCUT2D eigenvalue weighted by Crippen LogP contribution is -2.53. The molecule has 3 rings (SSSR count). The first-order valence-electron chi connectivity index (χ1n) is 11.5. The Hall–Kier alpha value is -3.07. The number of anilines is 1. The number of amides is 2. The average molecular weight is 563 g/mol. The van der Waals surface area contributed by atoms with Crippen molar-refractivity contribution in [1.82, 2.24) is 10.2 Å². The number of nitrogens with one attached hydrogen (secondary N) is 1. The number of likely N-dealkylation sites (N-methyl/N-ethyl adjacent to an activating group) is 1. The predicted octanol–water partition coefficient (Wildman–Crippen LogP) is 4.45. The second-order valence-corrected chi connectivity index (χ2v) is 11.4. The summed E-state index contributed by atoms with van der Waals surface area (Å²) in [7, 11) is -2.34. The highest BCUT2D eigenvalue weighted by molar-refractivity contribution is 7.92. The summed E-state index contributed by atoms with van der Waals surface area (Å²) in [4.78, 5) is 28.3. The molecule has 3 aromatic carbocycles. The smallest absolute Gasteiger partial charge is 0.244 e. The minimum atomic E-state index is -3.83. The van der Waals surface area contributed by atoms with Gasteiger partial charge in [0, 0.05) is 35.6 Å². The number of halogens is 2. The van der Waals surface area contributed by atoms with Crippen LogP contribution >= 0.6 is 23.2 Å². The molecule has 0 saturated heterocycles. The van der Waals surface area contributed by atoms with Gasteiger partial charge in [-0.05, 0) is 36.8 Å². The molecule has 37 heavy (non-hydrogen) atoms. The fourth-order valence-corrected chi connectivity index (χ4v) is 5.27. The molecule has 1 N–H and O–H groups in total. The molecule has 0 aliphatic heterocycles. The van der Waals surface area contributed by atoms with Crippen LogP contribution in [-0.2, 0) is 32.6 Å². The minimum Gasteiger partial charge on any atom is -0.357 e. The van der Waals surface area contributed by atoms with E-state index < -0.39 is 34.4 Å². The maximum absolute atomic E-state index is 13.9. The van der Waals surface area contributed by atoms with E-state index in [9.17, 15) is 18.0 Å². The maximum Gasteiger partial charge on any atom is 0.244 e. The van der Waals surface area contributed by atoms with Crippen molar-refractivity contribution in [3.63, 3.8) is 0 Å². The van der Waals surface area contributed by atoms with E-state index in [1.807, 2.05) is 37.3 Å². The van der Waals surface area contributed by atoms with E-state index in [1.54, 1.807) is 42.5 Å². The van der Waals surface area contributed by atoms with Crippen molar-refractivity contribution in [3.05, 3.63) is 99.5 Å². The largest absolute Gasteiger partial charge is 0.357 e. The molecule has 1 atom stereocenters. The van der Waals surface area contributed by atoms with Gasteiger partial charge in [-0.3, -0.25) is 13.9 Å². The van der Waals surface area contributed by atoms with E-state index >= 15 is 0 Å². The summed E-state index contributed by atoms with van der Waals surface area (Å²) in [5.41, 5.74) is 2.58. The van der Waals surface area contributed by atoms with Gasteiger partial charge in [-0.1, -0.05) is 77.3 Å². The summed E-state index contributed by atoms with van der Waals surface area (Å²) in [6.07, 6.45) is 1.24. The van der Waals surface area contributed by atoms with Crippen molar-refractivity contribution >= 4 is 50.7 Å². The topological polar surface area (TPSA) is 86.8 Å². The highest BCUT2D eigenvalue weighted by Crippen LogP contribution is 2.28. The van der Waals surface area contributed by atoms with Crippen molar-refractivity contribution in [1.29, 1.82) is 0 Å². The van der Waals surface area contributed by atoms with Crippen molar-refractivity contribution in [2.24, 2.45) is 0 Å². The predicted molar refractivity (Wildman–Crippen MR) is 148 cm³/mol. The Morgan fingerprint density at radius 1 is 0.919 bits per heavy atom. The summed E-state index contributed by atoms with van der Waals surface area (Å²) < 4.78 is 26.5. The molecule has 10 heteroatoms. The molecular weight excluding hydrogens is 533 g/mol. The van der Waals surface area contributed by atoms with Gasteiger partial charge in [0.1, 0.15) is 12.6 Å². The quantitative estimate of drug-likeness (QED) is 0.396. The molecule has 0 spiro atoms. The number of aryl methyl sites for hydroxylation is 1. The summed E-state index contributed by atoms with van der Waals surface area (Å²) in [6.45, 7) is 1.28. The summed E-state index contributed by atoms with van der Waals surface area (Å²) in [6, 6.07) is 20.1. The van der Waals surface area contributed by atoms with Crippen molar-refractivity contribution in [2.75, 3.05) is 24.2 Å². The number of rotatable bonds is 10. The van der Waals surface area contributed by atoms with Crippen LogP contribution in [0.5, 0.6) is 0 Å². The van der Waals surface area contributed by atoms with Crippen LogP contribution in [0.2, 0.25) is 10.0 Å². The third-order valence-corrected chi connectivity index (χ3v) is 7.76. The van der Waals surface area contributed by atoms with Gasteiger partial charge in [0.2, 0.25) is 21.8 Å². The van der Waals surface area contributed by atoms with Crippen LogP contribution in [0.15, 0.2) is 72.8 Å². The van der Waals surface area contributed by atoms with Gasteiger partial charge in [0.25, 0.3) is 0 Å². The Labute approximate surface area is 228 Å². The molecular formula is C27H29Cl2N3O4S. The number of hydrogen-bond donors (Lipinski definition) is 1. The zero-order chi connectivity index (χ0) is 27.2. The SMILES string of the molecule is CNC(=O)[C@@H](Cc1ccccc1)N(Cc1c(Cl)cccc1Cl)C(=O)CN(c1ccc(C)cc1)S(C)(=O)=O. The summed E-state index contributed by atoms with van der Waals surface area (Å²) in [5, 5.41) is 3.29. The van der Waals surface area contributed by atoms with Crippen LogP contribution in [0.3, 0.4) is 0 Å². The molecule has 0 heterocycles. The fourth-order valence-electron chi connectivity index (χ4n) is 3.90. The molecule has 0 aliphatic carbocycles. The van der Waals surface area contributed by atoms with Crippen LogP contribution in [0.4, 0.5) is 5.69 Å². The number of hydrogen-bond acceptors (Lipinski definition) is 4. The number of carbonyl (C=O) groups excluding carboxylic acids is 2. The standard InChI is InChI=1S/C27H29Cl2N3O4S/c1-19-12-14-21(15-13-19)32(37(3,35)36)18-26(33)31(17-22-23(28)10-7-11-24(22)29)25(27(34)30-2)16-20-8-5-4-6-9-20/h4-15,25H,16-18H2,1-3H3,(H,30,34)/t25-/m1/s1. The lowest BCUT2D eigenvalue weighted by molar-refractivity contribution is -0.139. The van der Waals surface area contributed by atoms with Crippen molar-refractivity contribution in [2.45, 2.75) is 25.9 Å². The van der Waals surface area contributed by atoms with Crippen LogP contribution in [-0.4, -0.2) is 51.0 Å². The zero-order valence-electron chi connectivity index (χ0n) is 20.8. The first kappa shape index (κ1) is 28.5. The van der Waals surface area contributed by atoms with Crippen LogP contribution in [0.25, 0.3) is 0 Å². The maximum atomic E-state index is 13.9. The van der Waals surface area contributed by atoms with E-state index in [0.717, 1.165) is 21.7 Å². The van der Waals surface area contributed by atoms with Crippen molar-refractivity contribution in [3.8, 4) is 0 Å². The van der Waals surface area contributed by atoms with Gasteiger partial charge in [-0.15, -0.1) is 0 Å². The number of benzene rings is 3. The van der Waals surface area contributed by atoms with E-state index in [2.05, 4.69) is 5.32 Å². The van der Waals surface area contributed by atoms with E-state index in [4.69, 9.17) is 23.2 Å². The zero-order valence-corrected chi connectivity index (χ0v) is 23.1. The van der Waals surface area contributed by atoms with Gasteiger partial charge >= 0.3 is 0 Å². The van der Waals surface area contributed by atoms with Crippen molar-refractivity contribution < 1.29 is 18.0 Å². The van der Waals surface area contributed by atoms with Gasteiger partial charge < -0.3 is 10.2 Å². The molecule has 0 aromatic heterocycles. The Kier molecular flexibility index (Phi) is 9.59. The molecule has 2 amide bonds. The Bertz CT molecular complexity index is 1330. The summed E-state index contributed by atoms with van der Waals surface area (Å²) >= 11 is 12.8. The van der Waals surface area contributed by atoms with Gasteiger partial charge in [-0.2, -0.15) is 0 Å². The second kappa shape index (κ2) is 12.4. The fraction of sp³-hybridized carbons (Fsp3) is 0.259. The van der Waals surface area contributed by atoms with E-state index in [0.29, 0.717) is 21.3 Å². The first-order chi connectivity index (χ1) is 17.5. The molecule has 7 nitrogen and oxygen atoms in total. The molecule has 0 radical (unpaired) electrons. The monoisotopic (exact) mass is 561 g/mol. The first-order valence-corrected chi connectivity index (χ1v) is 14.1. The normalized spacial score (nSPS) is 12.0. The molecule has 0 saturated carbocycles. The number of nitrogens with zero attached hydrogens (tertiary/aromatic N) is 2. The molecule has 0 unspecified atom stereocenters. The Morgan fingerprint density at radius 2 is 1.51 bits per heavy atom. The number of sulfonamides is 1. The summed E-state index contributed by atoms with van der Waals surface area (Å²) in [5.74, 6) is -0.979. The minimum absolute atomic E-state index is 0.0895. The van der Waals surface area contributed by atoms with E-state index in [1.165, 1.54) is 11.9 Å². The molecule has 196 valence electrons. The average Bonchev–Trinajstić information content (AvgIpc) is 2.86. The van der Waals surface area contributed by atoms with Gasteiger partial charge in [-0.25, -0.2) is 8.42 Å². The molecule has 0 bridgehead atoms. The lowest BCUT2D eigenvalue weighted by atomic mass is 10.0. The third-order valence-electron chi connectivity index (χ3n) is 5.91. The van der Waals surface area contributed by atoms with E-state index in [-0.39, 0.29) is 13.0 Å². The Balaban J connectivity index is 2.06. The highest BCUT2D eigenvalue weighted by atomic mass is 35.5. The third kappa shape index (κ3) is 7.47. The van der Waals surface area contributed by atoms with Crippen LogP contribution in [0.1, 0.15) is 16.7 Å².